The van der Waals surface area contributed by atoms with Crippen molar-refractivity contribution in [2.75, 3.05) is 6.79 Å². The maximum atomic E-state index is 10.5. The second kappa shape index (κ2) is 3.76. The van der Waals surface area contributed by atoms with Crippen LogP contribution in [0.1, 0.15) is 12.5 Å². The summed E-state index contributed by atoms with van der Waals surface area (Å²) >= 11 is 0. The Labute approximate surface area is 86.8 Å². The monoisotopic (exact) mass is 209 g/mol. The van der Waals surface area contributed by atoms with Gasteiger partial charge in [-0.3, -0.25) is 10.1 Å². The number of ether oxygens (including phenoxy) is 2. The Morgan fingerprint density at radius 1 is 1.47 bits per heavy atom. The number of hydrogen-bond donors (Lipinski definition) is 0. The predicted octanol–water partition coefficient (Wildman–Crippen LogP) is 1.62. The Bertz CT molecular complexity index is 391. The van der Waals surface area contributed by atoms with Crippen LogP contribution in [0.4, 0.5) is 0 Å². The van der Waals surface area contributed by atoms with Crippen LogP contribution in [-0.4, -0.2) is 17.8 Å². The van der Waals surface area contributed by atoms with Gasteiger partial charge < -0.3 is 9.47 Å². The maximum absolute atomic E-state index is 10.5. The van der Waals surface area contributed by atoms with Gasteiger partial charge >= 0.3 is 0 Å². The highest BCUT2D eigenvalue weighted by Crippen LogP contribution is 2.32. The minimum Gasteiger partial charge on any atom is -0.454 e. The predicted molar refractivity (Wildman–Crippen MR) is 52.7 cm³/mol. The zero-order valence-electron chi connectivity index (χ0n) is 8.30. The van der Waals surface area contributed by atoms with Crippen molar-refractivity contribution < 1.29 is 14.4 Å². The van der Waals surface area contributed by atoms with Gasteiger partial charge in [0.25, 0.3) is 0 Å². The summed E-state index contributed by atoms with van der Waals surface area (Å²) < 4.78 is 10.3. The van der Waals surface area contributed by atoms with E-state index in [1.807, 2.05) is 6.07 Å². The first-order valence-corrected chi connectivity index (χ1v) is 4.69. The molecule has 2 rings (SSSR count). The highest BCUT2D eigenvalue weighted by molar-refractivity contribution is 5.44. The lowest BCUT2D eigenvalue weighted by atomic mass is 10.1. The lowest BCUT2D eigenvalue weighted by Crippen LogP contribution is -2.17. The fourth-order valence-corrected chi connectivity index (χ4v) is 1.48. The van der Waals surface area contributed by atoms with E-state index >= 15 is 0 Å². The molecule has 0 saturated carbocycles. The zero-order chi connectivity index (χ0) is 10.8. The van der Waals surface area contributed by atoms with Crippen LogP contribution in [0.5, 0.6) is 11.5 Å². The second-order valence-electron chi connectivity index (χ2n) is 3.53. The van der Waals surface area contributed by atoms with E-state index < -0.39 is 6.04 Å². The van der Waals surface area contributed by atoms with Gasteiger partial charge in [-0.1, -0.05) is 6.07 Å². The third-order valence-electron chi connectivity index (χ3n) is 2.33. The van der Waals surface area contributed by atoms with Crippen molar-refractivity contribution in [1.82, 2.24) is 0 Å². The Kier molecular flexibility index (Phi) is 2.45. The number of nitrogens with zero attached hydrogens (tertiary/aromatic N) is 1. The van der Waals surface area contributed by atoms with Crippen molar-refractivity contribution in [2.24, 2.45) is 0 Å². The molecule has 5 heteroatoms. The molecule has 0 N–H and O–H groups in total. The quantitative estimate of drug-likeness (QED) is 0.560. The van der Waals surface area contributed by atoms with Crippen molar-refractivity contribution in [3.05, 3.63) is 33.9 Å². The van der Waals surface area contributed by atoms with Gasteiger partial charge in [-0.15, -0.1) is 0 Å². The second-order valence-corrected chi connectivity index (χ2v) is 3.53. The van der Waals surface area contributed by atoms with E-state index in [1.54, 1.807) is 19.1 Å². The van der Waals surface area contributed by atoms with Crippen LogP contribution in [0.25, 0.3) is 0 Å². The molecule has 1 atom stereocenters. The van der Waals surface area contributed by atoms with E-state index in [4.69, 9.17) is 9.47 Å². The molecule has 0 spiro atoms. The molecule has 15 heavy (non-hydrogen) atoms. The molecular weight excluding hydrogens is 198 g/mol. The fraction of sp³-hybridized carbons (Fsp3) is 0.400. The molecule has 1 heterocycles. The van der Waals surface area contributed by atoms with Crippen molar-refractivity contribution in [3.63, 3.8) is 0 Å². The van der Waals surface area contributed by atoms with Gasteiger partial charge in [-0.05, 0) is 17.7 Å². The Balaban J connectivity index is 2.13. The number of benzene rings is 1. The van der Waals surface area contributed by atoms with Crippen LogP contribution in [0, 0.1) is 10.1 Å². The van der Waals surface area contributed by atoms with E-state index in [0.717, 1.165) is 5.56 Å². The highest BCUT2D eigenvalue weighted by Gasteiger charge is 2.17. The molecule has 1 unspecified atom stereocenters. The van der Waals surface area contributed by atoms with Gasteiger partial charge in [0.2, 0.25) is 12.8 Å². The first-order valence-electron chi connectivity index (χ1n) is 4.69. The van der Waals surface area contributed by atoms with Crippen molar-refractivity contribution in [2.45, 2.75) is 19.4 Å². The summed E-state index contributed by atoms with van der Waals surface area (Å²) in [6.45, 7) is 1.81. The molecule has 0 saturated heterocycles. The third-order valence-corrected chi connectivity index (χ3v) is 2.33. The van der Waals surface area contributed by atoms with Crippen molar-refractivity contribution in [1.29, 1.82) is 0 Å². The van der Waals surface area contributed by atoms with Crippen LogP contribution in [0.2, 0.25) is 0 Å². The summed E-state index contributed by atoms with van der Waals surface area (Å²) in [5.41, 5.74) is 0.892. The molecule has 0 aliphatic carbocycles. The van der Waals surface area contributed by atoms with E-state index in [9.17, 15) is 10.1 Å². The average Bonchev–Trinajstić information content (AvgIpc) is 2.64. The van der Waals surface area contributed by atoms with Gasteiger partial charge in [-0.25, -0.2) is 0 Å². The fourth-order valence-electron chi connectivity index (χ4n) is 1.48. The summed E-state index contributed by atoms with van der Waals surface area (Å²) in [6.07, 6.45) is 0.406. The standard InChI is InChI=1S/C10H11NO4/c1-7(11(12)13)4-8-2-3-9-10(5-8)15-6-14-9/h2-3,5,7H,4,6H2,1H3. The van der Waals surface area contributed by atoms with Gasteiger partial charge in [0.15, 0.2) is 11.5 Å². The molecule has 1 aliphatic heterocycles. The van der Waals surface area contributed by atoms with Crippen molar-refractivity contribution >= 4 is 0 Å². The average molecular weight is 209 g/mol. The summed E-state index contributed by atoms with van der Waals surface area (Å²) in [5, 5.41) is 10.5. The minimum atomic E-state index is -0.578. The van der Waals surface area contributed by atoms with Crippen LogP contribution < -0.4 is 9.47 Å². The topological polar surface area (TPSA) is 61.6 Å². The van der Waals surface area contributed by atoms with Gasteiger partial charge in [0, 0.05) is 18.3 Å². The van der Waals surface area contributed by atoms with Gasteiger partial charge in [0.05, 0.1) is 0 Å². The summed E-state index contributed by atoms with van der Waals surface area (Å²) in [4.78, 5) is 10.2. The SMILES string of the molecule is CC(Cc1ccc2c(c1)OCO2)[N+](=O)[O-]. The van der Waals surface area contributed by atoms with E-state index in [1.165, 1.54) is 0 Å². The highest BCUT2D eigenvalue weighted by atomic mass is 16.7. The largest absolute Gasteiger partial charge is 0.454 e. The number of rotatable bonds is 3. The molecule has 0 radical (unpaired) electrons. The van der Waals surface area contributed by atoms with Crippen molar-refractivity contribution in [3.8, 4) is 11.5 Å². The first-order chi connectivity index (χ1) is 7.16. The van der Waals surface area contributed by atoms with Crippen LogP contribution >= 0.6 is 0 Å². The Hall–Kier alpha value is -1.78. The molecule has 1 aromatic rings. The summed E-state index contributed by atoms with van der Waals surface area (Å²) in [5.74, 6) is 1.37. The summed E-state index contributed by atoms with van der Waals surface area (Å²) in [7, 11) is 0. The minimum absolute atomic E-state index is 0.226. The molecule has 0 bridgehead atoms. The molecule has 80 valence electrons. The normalized spacial score (nSPS) is 15.0. The van der Waals surface area contributed by atoms with Crippen LogP contribution in [0.3, 0.4) is 0 Å². The molecule has 0 aromatic heterocycles. The maximum Gasteiger partial charge on any atom is 0.231 e. The van der Waals surface area contributed by atoms with Crippen LogP contribution in [0.15, 0.2) is 18.2 Å². The molecule has 0 amide bonds. The van der Waals surface area contributed by atoms with E-state index in [2.05, 4.69) is 0 Å². The number of hydrogen-bond acceptors (Lipinski definition) is 4. The number of fused-ring (bicyclic) bond motifs is 1. The molecule has 1 aromatic carbocycles. The van der Waals surface area contributed by atoms with Gasteiger partial charge in [0.1, 0.15) is 0 Å². The third kappa shape index (κ3) is 2.01. The smallest absolute Gasteiger partial charge is 0.231 e. The molecule has 5 nitrogen and oxygen atoms in total. The zero-order valence-corrected chi connectivity index (χ0v) is 8.30. The lowest BCUT2D eigenvalue weighted by molar-refractivity contribution is -0.517. The molecule has 0 fully saturated rings. The Morgan fingerprint density at radius 2 is 2.20 bits per heavy atom. The number of nitro groups is 1. The molecular formula is C10H11NO4. The van der Waals surface area contributed by atoms with Crippen LogP contribution in [-0.2, 0) is 6.42 Å². The lowest BCUT2D eigenvalue weighted by Gasteiger charge is -2.04. The summed E-state index contributed by atoms with van der Waals surface area (Å²) in [6, 6.07) is 4.82. The Morgan fingerprint density at radius 3 is 2.93 bits per heavy atom. The van der Waals surface area contributed by atoms with E-state index in [-0.39, 0.29) is 11.7 Å². The van der Waals surface area contributed by atoms with E-state index in [0.29, 0.717) is 17.9 Å². The van der Waals surface area contributed by atoms with Gasteiger partial charge in [-0.2, -0.15) is 0 Å². The molecule has 1 aliphatic rings. The first kappa shape index (κ1) is 9.76.